The third-order valence-electron chi connectivity index (χ3n) is 7.44. The number of likely N-dealkylation sites (N-methyl/N-ethyl adjacent to an activating group) is 1. The Labute approximate surface area is 178 Å². The summed E-state index contributed by atoms with van der Waals surface area (Å²) in [4.78, 5) is 24.8. The van der Waals surface area contributed by atoms with Crippen molar-refractivity contribution < 1.29 is 9.53 Å². The number of carbonyl (C=O) groups excluding carboxylic acids is 1. The summed E-state index contributed by atoms with van der Waals surface area (Å²) in [6.07, 6.45) is 5.18. The van der Waals surface area contributed by atoms with Crippen LogP contribution in [0.5, 0.6) is 0 Å². The van der Waals surface area contributed by atoms with E-state index in [1.165, 1.54) is 6.42 Å². The van der Waals surface area contributed by atoms with Gasteiger partial charge in [-0.15, -0.1) is 0 Å². The normalized spacial score (nSPS) is 25.2. The number of benzene rings is 1. The first kappa shape index (κ1) is 19.9. The minimum absolute atomic E-state index is 0.0814. The molecule has 1 aromatic heterocycles. The lowest BCUT2D eigenvalue weighted by Crippen LogP contribution is -2.44. The van der Waals surface area contributed by atoms with Crippen LogP contribution in [0.3, 0.4) is 0 Å². The molecule has 6 nitrogen and oxygen atoms in total. The summed E-state index contributed by atoms with van der Waals surface area (Å²) in [7, 11) is 2.28. The quantitative estimate of drug-likeness (QED) is 0.781. The number of rotatable bonds is 3. The fourth-order valence-electron chi connectivity index (χ4n) is 5.65. The number of morpholine rings is 1. The van der Waals surface area contributed by atoms with Gasteiger partial charge in [0.25, 0.3) is 5.91 Å². The third-order valence-corrected chi connectivity index (χ3v) is 7.44. The van der Waals surface area contributed by atoms with Crippen molar-refractivity contribution >= 4 is 16.7 Å². The molecule has 3 fully saturated rings. The van der Waals surface area contributed by atoms with Crippen LogP contribution >= 0.6 is 0 Å². The molecule has 1 unspecified atom stereocenters. The molecule has 0 radical (unpaired) electrons. The highest BCUT2D eigenvalue weighted by Crippen LogP contribution is 2.43. The van der Waals surface area contributed by atoms with Crippen molar-refractivity contribution in [1.29, 1.82) is 0 Å². The lowest BCUT2D eigenvalue weighted by Gasteiger charge is -2.39. The Morgan fingerprint density at radius 3 is 2.70 bits per heavy atom. The van der Waals surface area contributed by atoms with Gasteiger partial charge in [-0.25, -0.2) is 0 Å². The molecule has 6 heteroatoms. The molecule has 3 saturated heterocycles. The van der Waals surface area contributed by atoms with Crippen molar-refractivity contribution in [1.82, 2.24) is 19.7 Å². The van der Waals surface area contributed by atoms with Crippen LogP contribution in [-0.4, -0.2) is 91.2 Å². The Hall–Kier alpha value is -2.02. The summed E-state index contributed by atoms with van der Waals surface area (Å²) in [5.41, 5.74) is 0.951. The smallest absolute Gasteiger partial charge is 0.273 e. The number of likely N-dealkylation sites (tertiary alicyclic amines) is 2. The van der Waals surface area contributed by atoms with Gasteiger partial charge in [-0.05, 0) is 43.2 Å². The van der Waals surface area contributed by atoms with Crippen LogP contribution in [0, 0.1) is 5.41 Å². The number of pyridine rings is 1. The zero-order valence-corrected chi connectivity index (χ0v) is 17.9. The van der Waals surface area contributed by atoms with Crippen LogP contribution in [0.1, 0.15) is 29.8 Å². The van der Waals surface area contributed by atoms with E-state index >= 15 is 0 Å². The molecule has 3 aliphatic heterocycles. The maximum absolute atomic E-state index is 13.2. The number of nitrogens with zero attached hydrogens (tertiary/aromatic N) is 4. The molecule has 1 amide bonds. The molecule has 5 rings (SSSR count). The van der Waals surface area contributed by atoms with E-state index in [2.05, 4.69) is 21.8 Å². The number of carbonyl (C=O) groups is 1. The maximum atomic E-state index is 13.2. The highest BCUT2D eigenvalue weighted by atomic mass is 16.5. The summed E-state index contributed by atoms with van der Waals surface area (Å²) in [6, 6.07) is 10.6. The Kier molecular flexibility index (Phi) is 5.48. The highest BCUT2D eigenvalue weighted by Gasteiger charge is 2.45. The van der Waals surface area contributed by atoms with Crippen LogP contribution < -0.4 is 0 Å². The Morgan fingerprint density at radius 2 is 1.90 bits per heavy atom. The van der Waals surface area contributed by atoms with E-state index in [-0.39, 0.29) is 5.91 Å². The van der Waals surface area contributed by atoms with E-state index in [4.69, 9.17) is 4.74 Å². The van der Waals surface area contributed by atoms with Gasteiger partial charge in [0.1, 0.15) is 5.69 Å². The van der Waals surface area contributed by atoms with Gasteiger partial charge in [0.05, 0.1) is 13.2 Å². The highest BCUT2D eigenvalue weighted by molar-refractivity contribution is 6.05. The van der Waals surface area contributed by atoms with Gasteiger partial charge in [0.15, 0.2) is 0 Å². The summed E-state index contributed by atoms with van der Waals surface area (Å²) >= 11 is 0. The molecule has 1 atom stereocenters. The molecule has 4 heterocycles. The van der Waals surface area contributed by atoms with Gasteiger partial charge in [0.2, 0.25) is 0 Å². The van der Waals surface area contributed by atoms with Gasteiger partial charge in [-0.2, -0.15) is 0 Å². The van der Waals surface area contributed by atoms with Crippen molar-refractivity contribution in [3.05, 3.63) is 42.2 Å². The summed E-state index contributed by atoms with van der Waals surface area (Å²) in [6.45, 7) is 7.79. The van der Waals surface area contributed by atoms with E-state index in [1.807, 2.05) is 35.2 Å². The van der Waals surface area contributed by atoms with E-state index < -0.39 is 0 Å². The first-order chi connectivity index (χ1) is 14.6. The Balaban J connectivity index is 1.23. The molecule has 2 aromatic rings. The average molecular weight is 409 g/mol. The summed E-state index contributed by atoms with van der Waals surface area (Å²) in [5, 5.41) is 2.03. The van der Waals surface area contributed by atoms with Crippen LogP contribution in [0.15, 0.2) is 36.5 Å². The van der Waals surface area contributed by atoms with Crippen LogP contribution in [0.2, 0.25) is 0 Å². The fourth-order valence-corrected chi connectivity index (χ4v) is 5.65. The number of hydrogen-bond acceptors (Lipinski definition) is 5. The molecule has 1 aromatic carbocycles. The van der Waals surface area contributed by atoms with E-state index in [0.29, 0.717) is 17.2 Å². The minimum atomic E-state index is 0.0814. The molecule has 0 saturated carbocycles. The number of piperidine rings is 1. The largest absolute Gasteiger partial charge is 0.379 e. The number of fused-ring (bicyclic) bond motifs is 1. The molecule has 1 spiro atoms. The van der Waals surface area contributed by atoms with Gasteiger partial charge in [-0.3, -0.25) is 14.7 Å². The van der Waals surface area contributed by atoms with Crippen molar-refractivity contribution in [2.24, 2.45) is 5.41 Å². The summed E-state index contributed by atoms with van der Waals surface area (Å²) < 4.78 is 5.50. The molecular weight excluding hydrogens is 376 g/mol. The first-order valence-electron chi connectivity index (χ1n) is 11.3. The number of aromatic nitrogens is 1. The third kappa shape index (κ3) is 3.84. The first-order valence-corrected chi connectivity index (χ1v) is 11.3. The molecule has 0 aliphatic carbocycles. The second-order valence-electron chi connectivity index (χ2n) is 9.36. The zero-order chi connectivity index (χ0) is 20.6. The molecule has 3 aliphatic rings. The fraction of sp³-hybridized carbons (Fsp3) is 0.583. The number of ether oxygens (including phenoxy) is 1. The molecule has 0 bridgehead atoms. The lowest BCUT2D eigenvalue weighted by atomic mass is 9.76. The van der Waals surface area contributed by atoms with Crippen molar-refractivity contribution in [2.45, 2.75) is 25.3 Å². The number of hydrogen-bond donors (Lipinski definition) is 0. The molecular formula is C24H32N4O2. The van der Waals surface area contributed by atoms with Crippen LogP contribution in [0.4, 0.5) is 0 Å². The van der Waals surface area contributed by atoms with E-state index in [9.17, 15) is 4.79 Å². The molecule has 30 heavy (non-hydrogen) atoms. The summed E-state index contributed by atoms with van der Waals surface area (Å²) in [5.74, 6) is 0.0814. The van der Waals surface area contributed by atoms with Gasteiger partial charge in [0, 0.05) is 56.9 Å². The number of amides is 1. The molecule has 160 valence electrons. The van der Waals surface area contributed by atoms with Crippen molar-refractivity contribution in [2.75, 3.05) is 59.5 Å². The predicted molar refractivity (Wildman–Crippen MR) is 118 cm³/mol. The minimum Gasteiger partial charge on any atom is -0.379 e. The lowest BCUT2D eigenvalue weighted by molar-refractivity contribution is 0.0283. The second kappa shape index (κ2) is 8.25. The SMILES string of the molecule is CN1CC2(CCN(C(=O)c3nccc4ccccc34)CC2)CC1CN1CCOCC1. The Morgan fingerprint density at radius 1 is 1.13 bits per heavy atom. The van der Waals surface area contributed by atoms with E-state index in [0.717, 1.165) is 76.1 Å². The van der Waals surface area contributed by atoms with Gasteiger partial charge in [-0.1, -0.05) is 24.3 Å². The average Bonchev–Trinajstić information content (AvgIpc) is 3.08. The van der Waals surface area contributed by atoms with Crippen molar-refractivity contribution in [3.63, 3.8) is 0 Å². The topological polar surface area (TPSA) is 48.9 Å². The molecule has 0 N–H and O–H groups in total. The van der Waals surface area contributed by atoms with Gasteiger partial charge >= 0.3 is 0 Å². The maximum Gasteiger partial charge on any atom is 0.273 e. The second-order valence-corrected chi connectivity index (χ2v) is 9.36. The standard InChI is InChI=1S/C24H32N4O2/c1-26-18-24(16-20(26)17-27-12-14-30-15-13-27)7-10-28(11-8-24)23(29)22-21-5-3-2-4-19(21)6-9-25-22/h2-6,9,20H,7-8,10-18H2,1H3. The van der Waals surface area contributed by atoms with Crippen molar-refractivity contribution in [3.8, 4) is 0 Å². The van der Waals surface area contributed by atoms with E-state index in [1.54, 1.807) is 6.20 Å². The zero-order valence-electron chi connectivity index (χ0n) is 17.9. The monoisotopic (exact) mass is 408 g/mol. The Bertz CT molecular complexity index is 898. The predicted octanol–water partition coefficient (Wildman–Crippen LogP) is 2.49. The van der Waals surface area contributed by atoms with Gasteiger partial charge < -0.3 is 14.5 Å². The van der Waals surface area contributed by atoms with Crippen LogP contribution in [-0.2, 0) is 4.74 Å². The van der Waals surface area contributed by atoms with Crippen LogP contribution in [0.25, 0.3) is 10.8 Å².